The first-order valence-electron chi connectivity index (χ1n) is 6.58. The Balaban J connectivity index is 2.41. The number of allylic oxidation sites excluding steroid dienone is 1. The molecule has 0 fully saturated rings. The average molecular weight is 272 g/mol. The summed E-state index contributed by atoms with van der Waals surface area (Å²) < 4.78 is 13.0. The van der Waals surface area contributed by atoms with Gasteiger partial charge in [-0.25, -0.2) is 9.18 Å². The highest BCUT2D eigenvalue weighted by Gasteiger charge is 2.27. The molecule has 0 amide bonds. The van der Waals surface area contributed by atoms with Crippen molar-refractivity contribution in [3.63, 3.8) is 0 Å². The first kappa shape index (κ1) is 14.4. The monoisotopic (exact) mass is 272 g/mol. The lowest BCUT2D eigenvalue weighted by Gasteiger charge is -2.26. The second kappa shape index (κ2) is 5.51. The van der Waals surface area contributed by atoms with Gasteiger partial charge in [-0.2, -0.15) is 4.99 Å². The van der Waals surface area contributed by atoms with E-state index in [1.54, 1.807) is 18.2 Å². The second-order valence-electron chi connectivity index (χ2n) is 5.49. The molecular weight excluding hydrogens is 255 g/mol. The zero-order chi connectivity index (χ0) is 14.8. The van der Waals surface area contributed by atoms with Crippen molar-refractivity contribution >= 4 is 11.8 Å². The van der Waals surface area contributed by atoms with Crippen molar-refractivity contribution in [2.45, 2.75) is 32.7 Å². The molecule has 104 valence electrons. The summed E-state index contributed by atoms with van der Waals surface area (Å²) in [6.45, 7) is 5.72. The van der Waals surface area contributed by atoms with E-state index in [2.05, 4.69) is 16.9 Å². The first-order chi connectivity index (χ1) is 9.44. The van der Waals surface area contributed by atoms with Crippen LogP contribution in [0.25, 0.3) is 0 Å². The van der Waals surface area contributed by atoms with Gasteiger partial charge >= 0.3 is 0 Å². The van der Waals surface area contributed by atoms with E-state index in [-0.39, 0.29) is 11.7 Å². The Kier molecular flexibility index (Phi) is 3.96. The average Bonchev–Trinajstić information content (AvgIpc) is 2.40. The second-order valence-corrected chi connectivity index (χ2v) is 5.49. The molecule has 4 heteroatoms. The molecular formula is C16H17FN2O. The number of benzene rings is 1. The summed E-state index contributed by atoms with van der Waals surface area (Å²) in [4.78, 5) is 18.9. The lowest BCUT2D eigenvalue weighted by molar-refractivity contribution is 0.539. The molecule has 1 aliphatic rings. The van der Waals surface area contributed by atoms with Gasteiger partial charge in [0.1, 0.15) is 11.4 Å². The molecule has 1 aromatic rings. The van der Waals surface area contributed by atoms with Crippen molar-refractivity contribution in [2.24, 2.45) is 15.9 Å². The van der Waals surface area contributed by atoms with Crippen LogP contribution in [0.2, 0.25) is 0 Å². The standard InChI is InChI=1S/C16H17FN2O/c1-11-4-9-14(16(2,3)18-10-20)19-15(11)12-5-7-13(17)8-6-12/h5-9,11H,4H2,1-3H3. The fraction of sp³-hybridized carbons (Fsp3) is 0.375. The predicted octanol–water partition coefficient (Wildman–Crippen LogP) is 3.65. The minimum Gasteiger partial charge on any atom is -0.255 e. The van der Waals surface area contributed by atoms with Gasteiger partial charge in [0.05, 0.1) is 11.4 Å². The van der Waals surface area contributed by atoms with E-state index in [4.69, 9.17) is 0 Å². The van der Waals surface area contributed by atoms with Crippen LogP contribution >= 0.6 is 0 Å². The summed E-state index contributed by atoms with van der Waals surface area (Å²) in [7, 11) is 0. The molecule has 0 spiro atoms. The molecule has 20 heavy (non-hydrogen) atoms. The molecule has 0 radical (unpaired) electrons. The van der Waals surface area contributed by atoms with Crippen LogP contribution in [-0.4, -0.2) is 17.3 Å². The third-order valence-electron chi connectivity index (χ3n) is 3.46. The first-order valence-corrected chi connectivity index (χ1v) is 6.58. The van der Waals surface area contributed by atoms with E-state index < -0.39 is 5.54 Å². The van der Waals surface area contributed by atoms with Crippen molar-refractivity contribution in [1.29, 1.82) is 0 Å². The molecule has 0 saturated carbocycles. The number of hydrogen-bond donors (Lipinski definition) is 0. The Hall–Kier alpha value is -2.06. The molecule has 2 rings (SSSR count). The molecule has 0 N–H and O–H groups in total. The minimum atomic E-state index is -0.687. The summed E-state index contributed by atoms with van der Waals surface area (Å²) in [6.07, 6.45) is 4.42. The van der Waals surface area contributed by atoms with Gasteiger partial charge in [-0.3, -0.25) is 4.99 Å². The van der Waals surface area contributed by atoms with E-state index in [1.807, 2.05) is 19.9 Å². The molecule has 1 heterocycles. The number of hydrogen-bond acceptors (Lipinski definition) is 3. The Labute approximate surface area is 118 Å². The van der Waals surface area contributed by atoms with E-state index in [9.17, 15) is 9.18 Å². The zero-order valence-corrected chi connectivity index (χ0v) is 11.9. The zero-order valence-electron chi connectivity index (χ0n) is 11.9. The van der Waals surface area contributed by atoms with Crippen LogP contribution in [0.15, 0.2) is 46.0 Å². The van der Waals surface area contributed by atoms with Crippen molar-refractivity contribution in [3.8, 4) is 0 Å². The fourth-order valence-corrected chi connectivity index (χ4v) is 2.21. The Morgan fingerprint density at radius 1 is 1.35 bits per heavy atom. The molecule has 0 aliphatic carbocycles. The minimum absolute atomic E-state index is 0.250. The molecule has 1 unspecified atom stereocenters. The lowest BCUT2D eigenvalue weighted by Crippen LogP contribution is -2.25. The van der Waals surface area contributed by atoms with Gasteiger partial charge in [-0.15, -0.1) is 0 Å². The van der Waals surface area contributed by atoms with Gasteiger partial charge in [0.25, 0.3) is 0 Å². The quantitative estimate of drug-likeness (QED) is 0.611. The van der Waals surface area contributed by atoms with Gasteiger partial charge in [0, 0.05) is 5.92 Å². The van der Waals surface area contributed by atoms with Crippen LogP contribution in [0.3, 0.4) is 0 Å². The highest BCUT2D eigenvalue weighted by atomic mass is 19.1. The molecule has 1 aliphatic heterocycles. The molecule has 1 atom stereocenters. The van der Waals surface area contributed by atoms with Gasteiger partial charge in [0.2, 0.25) is 6.08 Å². The lowest BCUT2D eigenvalue weighted by atomic mass is 9.89. The third kappa shape index (κ3) is 2.91. The molecule has 1 aromatic carbocycles. The van der Waals surface area contributed by atoms with Gasteiger partial charge in [-0.05, 0) is 38.0 Å². The van der Waals surface area contributed by atoms with E-state index >= 15 is 0 Å². The number of carbonyl (C=O) groups excluding carboxylic acids is 1. The van der Waals surface area contributed by atoms with Crippen LogP contribution in [-0.2, 0) is 4.79 Å². The number of rotatable bonds is 3. The smallest absolute Gasteiger partial charge is 0.235 e. The van der Waals surface area contributed by atoms with E-state index in [0.717, 1.165) is 23.4 Å². The maximum atomic E-state index is 13.0. The number of aliphatic imine (C=N–C) groups is 2. The maximum Gasteiger partial charge on any atom is 0.235 e. The van der Waals surface area contributed by atoms with Crippen LogP contribution in [0.5, 0.6) is 0 Å². The van der Waals surface area contributed by atoms with Crippen molar-refractivity contribution in [3.05, 3.63) is 47.4 Å². The third-order valence-corrected chi connectivity index (χ3v) is 3.46. The van der Waals surface area contributed by atoms with Crippen molar-refractivity contribution in [2.75, 3.05) is 0 Å². The predicted molar refractivity (Wildman–Crippen MR) is 77.0 cm³/mol. The molecule has 3 nitrogen and oxygen atoms in total. The summed E-state index contributed by atoms with van der Waals surface area (Å²) >= 11 is 0. The highest BCUT2D eigenvalue weighted by molar-refractivity contribution is 6.03. The number of nitrogens with zero attached hydrogens (tertiary/aromatic N) is 2. The summed E-state index contributed by atoms with van der Waals surface area (Å²) in [6, 6.07) is 6.31. The topological polar surface area (TPSA) is 41.8 Å². The summed E-state index contributed by atoms with van der Waals surface area (Å²) in [5, 5.41) is 0. The van der Waals surface area contributed by atoms with Crippen LogP contribution in [0, 0.1) is 11.7 Å². The van der Waals surface area contributed by atoms with Crippen molar-refractivity contribution < 1.29 is 9.18 Å². The van der Waals surface area contributed by atoms with Gasteiger partial charge in [0.15, 0.2) is 0 Å². The fourth-order valence-electron chi connectivity index (χ4n) is 2.21. The maximum absolute atomic E-state index is 13.0. The Morgan fingerprint density at radius 3 is 2.60 bits per heavy atom. The normalized spacial score (nSPS) is 18.9. The molecule has 0 bridgehead atoms. The van der Waals surface area contributed by atoms with Crippen LogP contribution in [0.4, 0.5) is 4.39 Å². The number of halogens is 1. The van der Waals surface area contributed by atoms with Gasteiger partial charge in [-0.1, -0.05) is 25.1 Å². The Morgan fingerprint density at radius 2 is 2.00 bits per heavy atom. The van der Waals surface area contributed by atoms with Crippen molar-refractivity contribution in [1.82, 2.24) is 0 Å². The SMILES string of the molecule is CC1CC=C(C(C)(C)N=C=O)N=C1c1ccc(F)cc1. The Bertz CT molecular complexity index is 608. The largest absolute Gasteiger partial charge is 0.255 e. The number of isocyanates is 1. The molecule has 0 aromatic heterocycles. The van der Waals surface area contributed by atoms with E-state index in [1.165, 1.54) is 12.1 Å². The van der Waals surface area contributed by atoms with Crippen LogP contribution in [0.1, 0.15) is 32.8 Å². The molecule has 0 saturated heterocycles. The summed E-state index contributed by atoms with van der Waals surface area (Å²) in [5.41, 5.74) is 1.86. The van der Waals surface area contributed by atoms with Crippen LogP contribution < -0.4 is 0 Å². The van der Waals surface area contributed by atoms with Gasteiger partial charge < -0.3 is 0 Å². The highest BCUT2D eigenvalue weighted by Crippen LogP contribution is 2.29. The summed E-state index contributed by atoms with van der Waals surface area (Å²) in [5.74, 6) is -0.0142. The van der Waals surface area contributed by atoms with E-state index in [0.29, 0.717) is 0 Å².